The average molecular weight is 590 g/mol. The first-order valence-corrected chi connectivity index (χ1v) is 13.9. The molecule has 3 aromatic rings. The summed E-state index contributed by atoms with van der Waals surface area (Å²) >= 11 is 0. The summed E-state index contributed by atoms with van der Waals surface area (Å²) in [6.45, 7) is 0.0967. The van der Waals surface area contributed by atoms with Crippen LogP contribution in [0.4, 0.5) is 25.1 Å². The molecule has 3 amide bonds. The van der Waals surface area contributed by atoms with Crippen LogP contribution in [0, 0.1) is 11.6 Å². The van der Waals surface area contributed by atoms with Gasteiger partial charge in [-0.05, 0) is 72.2 Å². The fourth-order valence-corrected chi connectivity index (χ4v) is 5.81. The van der Waals surface area contributed by atoms with Crippen molar-refractivity contribution in [2.24, 2.45) is 0 Å². The van der Waals surface area contributed by atoms with Gasteiger partial charge in [0.1, 0.15) is 23.5 Å². The third-order valence-electron chi connectivity index (χ3n) is 6.83. The van der Waals surface area contributed by atoms with Crippen molar-refractivity contribution in [3.8, 4) is 0 Å². The van der Waals surface area contributed by atoms with Crippen LogP contribution in [0.5, 0.6) is 0 Å². The highest BCUT2D eigenvalue weighted by Gasteiger charge is 2.33. The number of nitrogens with one attached hydrogen (secondary N) is 2. The lowest BCUT2D eigenvalue weighted by atomic mass is 10.0. The normalized spacial score (nSPS) is 15.0. The van der Waals surface area contributed by atoms with Crippen molar-refractivity contribution in [3.63, 3.8) is 0 Å². The topological polar surface area (TPSA) is 112 Å². The Bertz CT molecular complexity index is 1500. The van der Waals surface area contributed by atoms with E-state index in [2.05, 4.69) is 10.3 Å². The van der Waals surface area contributed by atoms with Gasteiger partial charge in [0.05, 0.1) is 0 Å². The molecule has 1 aliphatic carbocycles. The molecule has 40 heavy (non-hydrogen) atoms. The van der Waals surface area contributed by atoms with Gasteiger partial charge in [0.2, 0.25) is 5.91 Å². The van der Waals surface area contributed by atoms with Crippen molar-refractivity contribution in [1.29, 1.82) is 0 Å². The molecule has 5 rings (SSSR count). The predicted octanol–water partition coefficient (Wildman–Crippen LogP) is 3.53. The summed E-state index contributed by atoms with van der Waals surface area (Å²) in [6, 6.07) is 11.2. The molecule has 1 atom stereocenters. The maximum absolute atomic E-state index is 13.9. The molecule has 1 aromatic heterocycles. The number of nitrogens with zero attached hydrogens (tertiary/aromatic N) is 3. The molecule has 2 aromatic carbocycles. The molecule has 13 heteroatoms. The maximum atomic E-state index is 13.9. The second kappa shape index (κ2) is 11.8. The van der Waals surface area contributed by atoms with Crippen LogP contribution < -0.4 is 19.2 Å². The Hall–Kier alpha value is -3.71. The molecular formula is C27H29F2N5O4S2. The van der Waals surface area contributed by atoms with Crippen molar-refractivity contribution in [2.75, 3.05) is 22.8 Å². The van der Waals surface area contributed by atoms with Gasteiger partial charge >= 0.3 is 16.2 Å². The number of hydrogen-bond acceptors (Lipinski definition) is 5. The predicted molar refractivity (Wildman–Crippen MR) is 152 cm³/mol. The zero-order valence-electron chi connectivity index (χ0n) is 21.6. The van der Waals surface area contributed by atoms with Crippen molar-refractivity contribution in [3.05, 3.63) is 89.1 Å². The third kappa shape index (κ3) is 6.53. The Morgan fingerprint density at radius 1 is 1.10 bits per heavy atom. The van der Waals surface area contributed by atoms with Gasteiger partial charge < -0.3 is 10.2 Å². The lowest BCUT2D eigenvalue weighted by molar-refractivity contribution is -0.120. The standard InChI is InChI=1S/C27H27F2N5O4S.H2S/c1-33(23-8-6-19(7-9-23)18-4-5-18)26(35)24(15-17-13-21(28)16-22(29)14-17)31-27(36)32-39(37,38)34-12-10-20-3-2-11-30-25(20)34;/h2-3,6-9,11,13-14,16,18,24H,4-5,10,12,15H2,1H3,(H2,31,32,36);1H2/t24-;/m0./s1. The monoisotopic (exact) mass is 589 g/mol. The van der Waals surface area contributed by atoms with Gasteiger partial charge in [0.15, 0.2) is 0 Å². The molecule has 2 heterocycles. The first kappa shape index (κ1) is 29.3. The number of carbonyl (C=O) groups is 2. The van der Waals surface area contributed by atoms with E-state index >= 15 is 0 Å². The molecule has 1 saturated carbocycles. The third-order valence-corrected chi connectivity index (χ3v) is 8.20. The summed E-state index contributed by atoms with van der Waals surface area (Å²) in [4.78, 5) is 31.8. The van der Waals surface area contributed by atoms with Gasteiger partial charge in [-0.1, -0.05) is 18.2 Å². The molecule has 9 nitrogen and oxygen atoms in total. The van der Waals surface area contributed by atoms with Crippen molar-refractivity contribution >= 4 is 47.1 Å². The minimum atomic E-state index is -4.35. The fraction of sp³-hybridized carbons (Fsp3) is 0.296. The van der Waals surface area contributed by atoms with E-state index in [4.69, 9.17) is 0 Å². The number of likely N-dealkylation sites (N-methyl/N-ethyl adjacent to an activating group) is 1. The molecule has 1 aliphatic heterocycles. The number of fused-ring (bicyclic) bond motifs is 1. The van der Waals surface area contributed by atoms with Crippen LogP contribution in [-0.2, 0) is 27.8 Å². The molecule has 0 radical (unpaired) electrons. The number of benzene rings is 2. The summed E-state index contributed by atoms with van der Waals surface area (Å²) in [5.74, 6) is -1.53. The summed E-state index contributed by atoms with van der Waals surface area (Å²) in [5.41, 5.74) is 2.56. The van der Waals surface area contributed by atoms with E-state index in [1.54, 1.807) is 24.3 Å². The summed E-state index contributed by atoms with van der Waals surface area (Å²) in [5, 5.41) is 2.39. The Labute approximate surface area is 238 Å². The molecule has 0 saturated heterocycles. The Morgan fingerprint density at radius 3 is 2.42 bits per heavy atom. The lowest BCUT2D eigenvalue weighted by Crippen LogP contribution is -2.54. The van der Waals surface area contributed by atoms with Crippen LogP contribution in [0.25, 0.3) is 0 Å². The fourth-order valence-electron chi connectivity index (χ4n) is 4.68. The molecule has 0 spiro atoms. The van der Waals surface area contributed by atoms with Gasteiger partial charge in [-0.2, -0.15) is 21.9 Å². The van der Waals surface area contributed by atoms with E-state index in [1.807, 2.05) is 16.9 Å². The Kier molecular flexibility index (Phi) is 8.64. The Morgan fingerprint density at radius 2 is 1.77 bits per heavy atom. The highest BCUT2D eigenvalue weighted by atomic mass is 32.2. The quantitative estimate of drug-likeness (QED) is 0.418. The van der Waals surface area contributed by atoms with E-state index in [9.17, 15) is 26.8 Å². The number of urea groups is 1. The van der Waals surface area contributed by atoms with Crippen LogP contribution in [0.2, 0.25) is 0 Å². The summed E-state index contributed by atoms with van der Waals surface area (Å²) < 4.78 is 56.6. The molecule has 0 unspecified atom stereocenters. The highest BCUT2D eigenvalue weighted by molar-refractivity contribution is 7.91. The molecule has 2 aliphatic rings. The van der Waals surface area contributed by atoms with Crippen molar-refractivity contribution in [1.82, 2.24) is 15.0 Å². The van der Waals surface area contributed by atoms with Gasteiger partial charge in [0, 0.05) is 38.0 Å². The van der Waals surface area contributed by atoms with E-state index in [-0.39, 0.29) is 37.8 Å². The van der Waals surface area contributed by atoms with Gasteiger partial charge in [-0.15, -0.1) is 0 Å². The minimum Gasteiger partial charge on any atom is -0.325 e. The maximum Gasteiger partial charge on any atom is 0.330 e. The first-order chi connectivity index (χ1) is 18.6. The van der Waals surface area contributed by atoms with Crippen LogP contribution in [0.3, 0.4) is 0 Å². The SMILES string of the molecule is CN(C(=O)[C@H](Cc1cc(F)cc(F)c1)NC(=O)NS(=O)(=O)N1CCc2cccnc21)c1ccc(C2CC2)cc1.S. The molecule has 212 valence electrons. The van der Waals surface area contributed by atoms with E-state index in [0.29, 0.717) is 24.1 Å². The zero-order chi connectivity index (χ0) is 27.7. The number of amides is 3. The number of pyridine rings is 1. The lowest BCUT2D eigenvalue weighted by Gasteiger charge is -2.26. The number of carbonyl (C=O) groups excluding carboxylic acids is 2. The molecular weight excluding hydrogens is 560 g/mol. The Balaban J connectivity index is 0.00000370. The van der Waals surface area contributed by atoms with E-state index in [1.165, 1.54) is 23.7 Å². The second-order valence-electron chi connectivity index (χ2n) is 9.69. The van der Waals surface area contributed by atoms with Gasteiger partial charge in [0.25, 0.3) is 0 Å². The number of aromatic nitrogens is 1. The highest BCUT2D eigenvalue weighted by Crippen LogP contribution is 2.40. The molecule has 1 fully saturated rings. The smallest absolute Gasteiger partial charge is 0.325 e. The molecule has 2 N–H and O–H groups in total. The van der Waals surface area contributed by atoms with Crippen molar-refractivity contribution in [2.45, 2.75) is 37.6 Å². The largest absolute Gasteiger partial charge is 0.330 e. The molecule has 0 bridgehead atoms. The van der Waals surface area contributed by atoms with E-state index in [0.717, 1.165) is 34.8 Å². The van der Waals surface area contributed by atoms with Crippen molar-refractivity contribution < 1.29 is 26.8 Å². The zero-order valence-corrected chi connectivity index (χ0v) is 23.4. The minimum absolute atomic E-state index is 0. The van der Waals surface area contributed by atoms with Crippen LogP contribution >= 0.6 is 13.5 Å². The summed E-state index contributed by atoms with van der Waals surface area (Å²) in [6.07, 6.45) is 3.86. The number of halogens is 2. The van der Waals surface area contributed by atoms with Gasteiger partial charge in [-0.3, -0.25) is 4.79 Å². The summed E-state index contributed by atoms with van der Waals surface area (Å²) in [7, 11) is -2.84. The first-order valence-electron chi connectivity index (χ1n) is 12.5. The average Bonchev–Trinajstić information content (AvgIpc) is 3.64. The van der Waals surface area contributed by atoms with Crippen LogP contribution in [0.15, 0.2) is 60.8 Å². The number of rotatable bonds is 8. The number of hydrogen-bond donors (Lipinski definition) is 2. The number of anilines is 2. The van der Waals surface area contributed by atoms with Crippen LogP contribution in [-0.4, -0.2) is 45.0 Å². The van der Waals surface area contributed by atoms with Crippen LogP contribution in [0.1, 0.15) is 35.4 Å². The van der Waals surface area contributed by atoms with E-state index < -0.39 is 39.8 Å². The second-order valence-corrected chi connectivity index (χ2v) is 11.3. The van der Waals surface area contributed by atoms with Gasteiger partial charge in [-0.25, -0.2) is 27.6 Å².